The van der Waals surface area contributed by atoms with E-state index in [-0.39, 0.29) is 5.78 Å². The summed E-state index contributed by atoms with van der Waals surface area (Å²) in [4.78, 5) is 16.0. The van der Waals surface area contributed by atoms with E-state index in [1.165, 1.54) is 19.3 Å². The summed E-state index contributed by atoms with van der Waals surface area (Å²) in [6.07, 6.45) is 8.24. The fourth-order valence-electron chi connectivity index (χ4n) is 1.79. The third kappa shape index (κ3) is 4.13. The number of aryl methyl sites for hydroxylation is 1. The van der Waals surface area contributed by atoms with Crippen LogP contribution in [-0.4, -0.2) is 10.8 Å². The maximum atomic E-state index is 11.8. The van der Waals surface area contributed by atoms with Crippen LogP contribution in [0.2, 0.25) is 0 Å². The van der Waals surface area contributed by atoms with Crippen LogP contribution in [0.15, 0.2) is 18.3 Å². The first-order valence-electron chi connectivity index (χ1n) is 6.20. The van der Waals surface area contributed by atoms with Gasteiger partial charge in [0.2, 0.25) is 0 Å². The van der Waals surface area contributed by atoms with Crippen LogP contribution >= 0.6 is 0 Å². The minimum atomic E-state index is 0.189. The number of Topliss-reactive ketones (excluding diaryl/α,β-unsaturated/α-hetero) is 1. The summed E-state index contributed by atoms with van der Waals surface area (Å²) in [7, 11) is 0. The van der Waals surface area contributed by atoms with Crippen molar-refractivity contribution in [3.63, 3.8) is 0 Å². The van der Waals surface area contributed by atoms with Gasteiger partial charge in [-0.1, -0.05) is 38.7 Å². The number of nitrogens with zero attached hydrogens (tertiary/aromatic N) is 1. The molecule has 1 aromatic heterocycles. The second kappa shape index (κ2) is 7.15. The first kappa shape index (κ1) is 12.9. The van der Waals surface area contributed by atoms with Crippen LogP contribution in [-0.2, 0) is 0 Å². The van der Waals surface area contributed by atoms with Crippen LogP contribution in [0.4, 0.5) is 0 Å². The highest BCUT2D eigenvalue weighted by molar-refractivity contribution is 5.95. The Hall–Kier alpha value is -1.18. The van der Waals surface area contributed by atoms with Crippen LogP contribution < -0.4 is 0 Å². The Labute approximate surface area is 98.1 Å². The van der Waals surface area contributed by atoms with E-state index in [4.69, 9.17) is 0 Å². The maximum Gasteiger partial charge on any atom is 0.181 e. The van der Waals surface area contributed by atoms with Crippen molar-refractivity contribution in [2.75, 3.05) is 0 Å². The minimum absolute atomic E-state index is 0.189. The van der Waals surface area contributed by atoms with E-state index >= 15 is 0 Å². The summed E-state index contributed by atoms with van der Waals surface area (Å²) in [5.41, 5.74) is 1.64. The lowest BCUT2D eigenvalue weighted by Gasteiger charge is -2.03. The number of unbranched alkanes of at least 4 members (excludes halogenated alkanes) is 4. The van der Waals surface area contributed by atoms with Crippen molar-refractivity contribution in [2.45, 2.75) is 52.4 Å². The summed E-state index contributed by atoms with van der Waals surface area (Å²) >= 11 is 0. The Morgan fingerprint density at radius 2 is 2.00 bits per heavy atom. The summed E-state index contributed by atoms with van der Waals surface area (Å²) in [5, 5.41) is 0. The summed E-state index contributed by atoms with van der Waals surface area (Å²) in [6, 6.07) is 3.81. The lowest BCUT2D eigenvalue weighted by molar-refractivity contribution is 0.0973. The van der Waals surface area contributed by atoms with Crippen LogP contribution in [0, 0.1) is 6.92 Å². The highest BCUT2D eigenvalue weighted by atomic mass is 16.1. The number of pyridine rings is 1. The van der Waals surface area contributed by atoms with Crippen molar-refractivity contribution in [3.8, 4) is 0 Å². The second-order valence-corrected chi connectivity index (χ2v) is 4.26. The normalized spacial score (nSPS) is 10.4. The van der Waals surface area contributed by atoms with Crippen molar-refractivity contribution in [1.29, 1.82) is 0 Å². The number of aromatic nitrogens is 1. The molecule has 88 valence electrons. The largest absolute Gasteiger partial charge is 0.292 e. The molecule has 0 N–H and O–H groups in total. The van der Waals surface area contributed by atoms with Gasteiger partial charge >= 0.3 is 0 Å². The van der Waals surface area contributed by atoms with Gasteiger partial charge < -0.3 is 0 Å². The molecule has 2 nitrogen and oxygen atoms in total. The van der Waals surface area contributed by atoms with Crippen molar-refractivity contribution in [2.24, 2.45) is 0 Å². The zero-order valence-electron chi connectivity index (χ0n) is 10.3. The number of carbonyl (C=O) groups is 1. The smallest absolute Gasteiger partial charge is 0.181 e. The third-order valence-electron chi connectivity index (χ3n) is 2.78. The van der Waals surface area contributed by atoms with E-state index in [1.54, 1.807) is 6.20 Å². The Kier molecular flexibility index (Phi) is 5.76. The Balaban J connectivity index is 2.33. The van der Waals surface area contributed by atoms with Gasteiger partial charge in [0.1, 0.15) is 5.69 Å². The first-order valence-corrected chi connectivity index (χ1v) is 6.20. The molecule has 16 heavy (non-hydrogen) atoms. The Morgan fingerprint density at radius 1 is 1.25 bits per heavy atom. The van der Waals surface area contributed by atoms with E-state index < -0.39 is 0 Å². The van der Waals surface area contributed by atoms with E-state index in [9.17, 15) is 4.79 Å². The average Bonchev–Trinajstić information content (AvgIpc) is 2.29. The first-order chi connectivity index (χ1) is 7.75. The van der Waals surface area contributed by atoms with Crippen LogP contribution in [0.3, 0.4) is 0 Å². The number of hydrogen-bond acceptors (Lipinski definition) is 2. The van der Waals surface area contributed by atoms with Gasteiger partial charge in [-0.2, -0.15) is 0 Å². The summed E-state index contributed by atoms with van der Waals surface area (Å²) in [5.74, 6) is 0.189. The van der Waals surface area contributed by atoms with Gasteiger partial charge in [0.15, 0.2) is 5.78 Å². The molecule has 0 amide bonds. The molecule has 1 heterocycles. The molecule has 0 atom stereocenters. The molecule has 0 aliphatic rings. The fourth-order valence-corrected chi connectivity index (χ4v) is 1.79. The number of rotatable bonds is 7. The molecule has 0 spiro atoms. The highest BCUT2D eigenvalue weighted by Gasteiger charge is 2.08. The summed E-state index contributed by atoms with van der Waals surface area (Å²) < 4.78 is 0. The van der Waals surface area contributed by atoms with Gasteiger partial charge in [0.05, 0.1) is 0 Å². The molecule has 0 fully saturated rings. The van der Waals surface area contributed by atoms with Gasteiger partial charge in [-0.25, -0.2) is 0 Å². The second-order valence-electron chi connectivity index (χ2n) is 4.26. The van der Waals surface area contributed by atoms with Crippen LogP contribution in [0.5, 0.6) is 0 Å². The molecule has 0 aromatic carbocycles. The van der Waals surface area contributed by atoms with Gasteiger partial charge in [0.25, 0.3) is 0 Å². The monoisotopic (exact) mass is 219 g/mol. The third-order valence-corrected chi connectivity index (χ3v) is 2.78. The quantitative estimate of drug-likeness (QED) is 0.513. The Bertz CT molecular complexity index is 333. The lowest BCUT2D eigenvalue weighted by Crippen LogP contribution is -2.04. The number of ketones is 1. The predicted molar refractivity (Wildman–Crippen MR) is 66.7 cm³/mol. The Morgan fingerprint density at radius 3 is 2.69 bits per heavy atom. The van der Waals surface area contributed by atoms with E-state index in [0.29, 0.717) is 12.1 Å². The minimum Gasteiger partial charge on any atom is -0.292 e. The zero-order chi connectivity index (χ0) is 11.8. The summed E-state index contributed by atoms with van der Waals surface area (Å²) in [6.45, 7) is 4.14. The zero-order valence-corrected chi connectivity index (χ0v) is 10.3. The van der Waals surface area contributed by atoms with Gasteiger partial charge in [-0.15, -0.1) is 0 Å². The highest BCUT2D eigenvalue weighted by Crippen LogP contribution is 2.11. The maximum absolute atomic E-state index is 11.8. The van der Waals surface area contributed by atoms with Crippen LogP contribution in [0.1, 0.15) is 61.5 Å². The van der Waals surface area contributed by atoms with Gasteiger partial charge in [0, 0.05) is 12.6 Å². The molecule has 0 saturated carbocycles. The van der Waals surface area contributed by atoms with Crippen molar-refractivity contribution in [1.82, 2.24) is 4.98 Å². The van der Waals surface area contributed by atoms with Crippen molar-refractivity contribution < 1.29 is 4.79 Å². The van der Waals surface area contributed by atoms with Crippen molar-refractivity contribution >= 4 is 5.78 Å². The fraction of sp³-hybridized carbons (Fsp3) is 0.571. The SMILES string of the molecule is CCCCCCCC(=O)c1ncccc1C. The average molecular weight is 219 g/mol. The lowest BCUT2D eigenvalue weighted by atomic mass is 10.0. The number of hydrogen-bond donors (Lipinski definition) is 0. The van der Waals surface area contributed by atoms with E-state index in [0.717, 1.165) is 18.4 Å². The molecular formula is C14H21NO. The molecule has 1 aromatic rings. The van der Waals surface area contributed by atoms with E-state index in [1.807, 2.05) is 19.1 Å². The molecule has 0 aliphatic carbocycles. The molecule has 0 radical (unpaired) electrons. The molecule has 0 unspecified atom stereocenters. The van der Waals surface area contributed by atoms with Crippen molar-refractivity contribution in [3.05, 3.63) is 29.6 Å². The predicted octanol–water partition coefficient (Wildman–Crippen LogP) is 3.93. The molecular weight excluding hydrogens is 198 g/mol. The standard InChI is InChI=1S/C14H21NO/c1-3-4-5-6-7-10-13(16)14-12(2)9-8-11-15-14/h8-9,11H,3-7,10H2,1-2H3. The van der Waals surface area contributed by atoms with Gasteiger partial charge in [-0.3, -0.25) is 9.78 Å². The molecule has 1 rings (SSSR count). The van der Waals surface area contributed by atoms with Crippen LogP contribution in [0.25, 0.3) is 0 Å². The molecule has 0 bridgehead atoms. The van der Waals surface area contributed by atoms with E-state index in [2.05, 4.69) is 11.9 Å². The number of carbonyl (C=O) groups excluding carboxylic acids is 1. The molecule has 2 heteroatoms. The van der Waals surface area contributed by atoms with Gasteiger partial charge in [-0.05, 0) is 25.0 Å². The topological polar surface area (TPSA) is 30.0 Å². The molecule has 0 aliphatic heterocycles. The molecule has 0 saturated heterocycles.